The standard InChI is InChI=1S/C30H33NO5.CH4O3S/c1-18-10-19(2)13-23(12-18)28(33)35-26-9-8-22(25(32)17-31-30(5,6)7)16-27(26)36-29(34)24-14-20(3)11-21(4)15-24;1-5(2,3)4/h8-16,31H,17H2,1-7H3;1H3,(H,2,3,4). The van der Waals surface area contributed by atoms with Crippen molar-refractivity contribution in [1.29, 1.82) is 0 Å². The summed E-state index contributed by atoms with van der Waals surface area (Å²) >= 11 is 0. The fraction of sp³-hybridized carbons (Fsp3) is 0.323. The van der Waals surface area contributed by atoms with Crippen molar-refractivity contribution in [2.45, 2.75) is 54.0 Å². The smallest absolute Gasteiger partial charge is 0.343 e. The number of Topliss-reactive ketones (excluding diaryl/α,β-unsaturated/α-hetero) is 1. The maximum Gasteiger partial charge on any atom is 0.343 e. The Hall–Kier alpha value is -3.86. The van der Waals surface area contributed by atoms with Gasteiger partial charge in [-0.25, -0.2) is 9.59 Å². The number of hydrogen-bond donors (Lipinski definition) is 2. The Morgan fingerprint density at radius 3 is 1.49 bits per heavy atom. The molecule has 0 heterocycles. The molecule has 10 heteroatoms. The first-order valence-electron chi connectivity index (χ1n) is 12.8. The third kappa shape index (κ3) is 12.0. The molecule has 0 unspecified atom stereocenters. The van der Waals surface area contributed by atoms with Crippen LogP contribution in [0.25, 0.3) is 0 Å². The van der Waals surface area contributed by atoms with Crippen LogP contribution >= 0.6 is 0 Å². The number of rotatable bonds is 7. The van der Waals surface area contributed by atoms with E-state index in [0.717, 1.165) is 22.3 Å². The van der Waals surface area contributed by atoms with Crippen LogP contribution < -0.4 is 14.8 Å². The molecule has 0 aliphatic rings. The molecule has 9 nitrogen and oxygen atoms in total. The molecule has 220 valence electrons. The highest BCUT2D eigenvalue weighted by Gasteiger charge is 2.20. The van der Waals surface area contributed by atoms with Crippen LogP contribution in [0.1, 0.15) is 74.1 Å². The lowest BCUT2D eigenvalue weighted by atomic mass is 10.1. The Morgan fingerprint density at radius 2 is 1.10 bits per heavy atom. The maximum absolute atomic E-state index is 13.0. The van der Waals surface area contributed by atoms with E-state index in [1.54, 1.807) is 30.3 Å². The Labute approximate surface area is 241 Å². The normalized spacial score (nSPS) is 11.2. The van der Waals surface area contributed by atoms with E-state index in [1.165, 1.54) is 12.1 Å². The molecule has 0 spiro atoms. The zero-order chi connectivity index (χ0) is 31.1. The van der Waals surface area contributed by atoms with Gasteiger partial charge in [0, 0.05) is 11.1 Å². The van der Waals surface area contributed by atoms with Crippen LogP contribution in [0.15, 0.2) is 54.6 Å². The molecule has 0 bridgehead atoms. The topological polar surface area (TPSA) is 136 Å². The summed E-state index contributed by atoms with van der Waals surface area (Å²) in [6.07, 6.45) is 0.715. The van der Waals surface area contributed by atoms with Crippen molar-refractivity contribution in [2.75, 3.05) is 12.8 Å². The number of hydrogen-bond acceptors (Lipinski definition) is 8. The molecule has 0 aliphatic heterocycles. The van der Waals surface area contributed by atoms with Gasteiger partial charge in [0.15, 0.2) is 17.3 Å². The molecule has 3 aromatic carbocycles. The summed E-state index contributed by atoms with van der Waals surface area (Å²) in [5, 5.41) is 3.15. The molecular weight excluding hydrogens is 546 g/mol. The molecule has 0 aliphatic carbocycles. The Morgan fingerprint density at radius 1 is 0.707 bits per heavy atom. The van der Waals surface area contributed by atoms with Gasteiger partial charge < -0.3 is 14.8 Å². The molecule has 0 atom stereocenters. The highest BCUT2D eigenvalue weighted by molar-refractivity contribution is 7.85. The summed E-state index contributed by atoms with van der Waals surface area (Å²) in [5.41, 5.74) is 4.53. The first kappa shape index (κ1) is 33.3. The Balaban J connectivity index is 0.00000108. The molecule has 0 aromatic heterocycles. The minimum absolute atomic E-state index is 0.00140. The average Bonchev–Trinajstić information content (AvgIpc) is 2.80. The summed E-state index contributed by atoms with van der Waals surface area (Å²) in [6, 6.07) is 15.3. The van der Waals surface area contributed by atoms with Crippen molar-refractivity contribution < 1.29 is 36.8 Å². The van der Waals surface area contributed by atoms with Crippen LogP contribution in [-0.2, 0) is 10.1 Å². The molecule has 0 radical (unpaired) electrons. The molecule has 0 fully saturated rings. The zero-order valence-electron chi connectivity index (χ0n) is 24.6. The SMILES string of the molecule is CS(=O)(=O)O.Cc1cc(C)cc(C(=O)Oc2ccc(C(=O)CNC(C)(C)C)cc2OC(=O)c2cc(C)cc(C)c2)c1. The molecule has 41 heavy (non-hydrogen) atoms. The summed E-state index contributed by atoms with van der Waals surface area (Å²) in [6.45, 7) is 13.6. The number of aryl methyl sites for hydroxylation is 4. The molecule has 3 aromatic rings. The van der Waals surface area contributed by atoms with Gasteiger partial charge in [-0.05, 0) is 90.9 Å². The second kappa shape index (κ2) is 13.7. The highest BCUT2D eigenvalue weighted by atomic mass is 32.2. The van der Waals surface area contributed by atoms with Gasteiger partial charge in [-0.1, -0.05) is 34.4 Å². The van der Waals surface area contributed by atoms with Crippen LogP contribution in [-0.4, -0.2) is 49.0 Å². The first-order chi connectivity index (χ1) is 18.8. The molecule has 2 N–H and O–H groups in total. The molecule has 0 saturated heterocycles. The van der Waals surface area contributed by atoms with Crippen molar-refractivity contribution in [3.05, 3.63) is 93.5 Å². The van der Waals surface area contributed by atoms with E-state index >= 15 is 0 Å². The predicted octanol–water partition coefficient (Wildman–Crippen LogP) is 5.43. The molecule has 0 saturated carbocycles. The minimum atomic E-state index is -3.67. The molecule has 0 amide bonds. The van der Waals surface area contributed by atoms with Gasteiger partial charge in [0.05, 0.1) is 23.9 Å². The fourth-order valence-electron chi connectivity index (χ4n) is 3.80. The number of esters is 2. The van der Waals surface area contributed by atoms with Crippen molar-refractivity contribution in [2.24, 2.45) is 0 Å². The number of benzene rings is 3. The Kier molecular flexibility index (Phi) is 11.1. The van der Waals surface area contributed by atoms with Crippen LogP contribution in [0.4, 0.5) is 0 Å². The highest BCUT2D eigenvalue weighted by Crippen LogP contribution is 2.31. The van der Waals surface area contributed by atoms with Gasteiger partial charge in [-0.3, -0.25) is 9.35 Å². The quantitative estimate of drug-likeness (QED) is 0.161. The van der Waals surface area contributed by atoms with Gasteiger partial charge in [0.2, 0.25) is 0 Å². The van der Waals surface area contributed by atoms with Gasteiger partial charge in [-0.2, -0.15) is 8.42 Å². The van der Waals surface area contributed by atoms with E-state index in [2.05, 4.69) is 5.32 Å². The van der Waals surface area contributed by atoms with Gasteiger partial charge >= 0.3 is 11.9 Å². The second-order valence-corrected chi connectivity index (χ2v) is 12.4. The summed E-state index contributed by atoms with van der Waals surface area (Å²) in [7, 11) is -3.67. The third-order valence-corrected chi connectivity index (χ3v) is 5.37. The lowest BCUT2D eigenvalue weighted by Gasteiger charge is -2.20. The predicted molar refractivity (Wildman–Crippen MR) is 158 cm³/mol. The third-order valence-electron chi connectivity index (χ3n) is 5.37. The van der Waals surface area contributed by atoms with E-state index in [-0.39, 0.29) is 29.4 Å². The van der Waals surface area contributed by atoms with E-state index in [4.69, 9.17) is 14.0 Å². The van der Waals surface area contributed by atoms with Crippen molar-refractivity contribution in [3.63, 3.8) is 0 Å². The number of ether oxygens (including phenoxy) is 2. The van der Waals surface area contributed by atoms with E-state index < -0.39 is 22.1 Å². The molecular formula is C31H37NO8S. The summed E-state index contributed by atoms with van der Waals surface area (Å²) < 4.78 is 37.2. The summed E-state index contributed by atoms with van der Waals surface area (Å²) in [4.78, 5) is 38.7. The van der Waals surface area contributed by atoms with E-state index in [0.29, 0.717) is 22.9 Å². The van der Waals surface area contributed by atoms with E-state index in [1.807, 2.05) is 60.6 Å². The number of ketones is 1. The van der Waals surface area contributed by atoms with Crippen LogP contribution in [0.5, 0.6) is 11.5 Å². The minimum Gasteiger partial charge on any atom is -0.419 e. The first-order valence-corrected chi connectivity index (χ1v) is 14.6. The largest absolute Gasteiger partial charge is 0.419 e. The maximum atomic E-state index is 13.0. The average molecular weight is 584 g/mol. The number of carbonyl (C=O) groups excluding carboxylic acids is 3. The fourth-order valence-corrected chi connectivity index (χ4v) is 3.80. The second-order valence-electron chi connectivity index (χ2n) is 11.0. The lowest BCUT2D eigenvalue weighted by Crippen LogP contribution is -2.39. The van der Waals surface area contributed by atoms with E-state index in [9.17, 15) is 22.8 Å². The number of carbonyl (C=O) groups is 3. The molecule has 3 rings (SSSR count). The van der Waals surface area contributed by atoms with Gasteiger partial charge in [0.1, 0.15) is 0 Å². The summed E-state index contributed by atoms with van der Waals surface area (Å²) in [5.74, 6) is -1.32. The van der Waals surface area contributed by atoms with Crippen LogP contribution in [0.2, 0.25) is 0 Å². The number of nitrogens with one attached hydrogen (secondary N) is 1. The Bertz CT molecular complexity index is 1500. The van der Waals surface area contributed by atoms with Crippen LogP contribution in [0.3, 0.4) is 0 Å². The van der Waals surface area contributed by atoms with Crippen molar-refractivity contribution >= 4 is 27.8 Å². The van der Waals surface area contributed by atoms with Crippen LogP contribution in [0, 0.1) is 27.7 Å². The van der Waals surface area contributed by atoms with Crippen molar-refractivity contribution in [3.8, 4) is 11.5 Å². The van der Waals surface area contributed by atoms with Gasteiger partial charge in [0.25, 0.3) is 10.1 Å². The van der Waals surface area contributed by atoms with Crippen molar-refractivity contribution in [1.82, 2.24) is 5.32 Å². The zero-order valence-corrected chi connectivity index (χ0v) is 25.4. The van der Waals surface area contributed by atoms with Gasteiger partial charge in [-0.15, -0.1) is 0 Å². The monoisotopic (exact) mass is 583 g/mol. The lowest BCUT2D eigenvalue weighted by molar-refractivity contribution is 0.0682.